The van der Waals surface area contributed by atoms with E-state index in [1.807, 2.05) is 24.3 Å². The molecule has 0 amide bonds. The summed E-state index contributed by atoms with van der Waals surface area (Å²) in [4.78, 5) is 23.1. The van der Waals surface area contributed by atoms with E-state index in [4.69, 9.17) is 0 Å². The Labute approximate surface area is 104 Å². The molecule has 0 unspecified atom stereocenters. The molecule has 2 heterocycles. The van der Waals surface area contributed by atoms with Crippen molar-refractivity contribution in [2.45, 2.75) is 6.92 Å². The summed E-state index contributed by atoms with van der Waals surface area (Å²) in [7, 11) is 0. The first-order chi connectivity index (χ1) is 8.74. The first kappa shape index (κ1) is 10.7. The highest BCUT2D eigenvalue weighted by Crippen LogP contribution is 2.20. The number of H-pyrrole nitrogens is 1. The number of aromatic amines is 1. The van der Waals surface area contributed by atoms with Gasteiger partial charge in [0.25, 0.3) is 0 Å². The second-order valence-electron chi connectivity index (χ2n) is 4.12. The molecule has 0 atom stereocenters. The fourth-order valence-electron chi connectivity index (χ4n) is 1.87. The summed E-state index contributed by atoms with van der Waals surface area (Å²) >= 11 is 0. The van der Waals surface area contributed by atoms with Crippen LogP contribution in [0.1, 0.15) is 17.3 Å². The van der Waals surface area contributed by atoms with Gasteiger partial charge in [0.05, 0.1) is 11.0 Å². The number of carbonyl (C=O) groups excluding carboxylic acids is 1. The minimum absolute atomic E-state index is 0.0504. The van der Waals surface area contributed by atoms with Crippen molar-refractivity contribution in [2.75, 3.05) is 0 Å². The zero-order valence-electron chi connectivity index (χ0n) is 9.84. The number of hydrogen-bond acceptors (Lipinski definition) is 3. The van der Waals surface area contributed by atoms with E-state index in [0.29, 0.717) is 5.56 Å². The van der Waals surface area contributed by atoms with E-state index in [-0.39, 0.29) is 5.78 Å². The molecule has 0 spiro atoms. The number of rotatable bonds is 2. The van der Waals surface area contributed by atoms with Gasteiger partial charge in [-0.2, -0.15) is 0 Å². The molecule has 0 saturated carbocycles. The molecule has 1 N–H and O–H groups in total. The van der Waals surface area contributed by atoms with Crippen LogP contribution in [0.3, 0.4) is 0 Å². The van der Waals surface area contributed by atoms with Crippen molar-refractivity contribution in [3.05, 3.63) is 48.3 Å². The molecule has 4 nitrogen and oxygen atoms in total. The predicted octanol–water partition coefficient (Wildman–Crippen LogP) is 2.83. The lowest BCUT2D eigenvalue weighted by molar-refractivity contribution is 0.101. The maximum absolute atomic E-state index is 11.3. The quantitative estimate of drug-likeness (QED) is 0.697. The van der Waals surface area contributed by atoms with Crippen molar-refractivity contribution in [1.29, 1.82) is 0 Å². The average molecular weight is 237 g/mol. The molecule has 88 valence electrons. The minimum atomic E-state index is 0.0504. The molecule has 0 saturated heterocycles. The predicted molar refractivity (Wildman–Crippen MR) is 69.3 cm³/mol. The zero-order chi connectivity index (χ0) is 12.5. The first-order valence-corrected chi connectivity index (χ1v) is 5.65. The van der Waals surface area contributed by atoms with E-state index >= 15 is 0 Å². The van der Waals surface area contributed by atoms with Crippen LogP contribution in [0.15, 0.2) is 42.7 Å². The summed E-state index contributed by atoms with van der Waals surface area (Å²) in [6.07, 6.45) is 3.48. The van der Waals surface area contributed by atoms with Crippen LogP contribution in [0.4, 0.5) is 0 Å². The molecule has 2 aromatic heterocycles. The fraction of sp³-hybridized carbons (Fsp3) is 0.0714. The van der Waals surface area contributed by atoms with Crippen LogP contribution >= 0.6 is 0 Å². The Morgan fingerprint density at radius 1 is 1.28 bits per heavy atom. The van der Waals surface area contributed by atoms with Crippen LogP contribution < -0.4 is 0 Å². The van der Waals surface area contributed by atoms with Crippen LogP contribution in [0, 0.1) is 0 Å². The Bertz CT molecular complexity index is 716. The molecular formula is C14H11N3O. The van der Waals surface area contributed by atoms with E-state index in [2.05, 4.69) is 15.0 Å². The molecule has 0 bridgehead atoms. The lowest BCUT2D eigenvalue weighted by atomic mass is 10.1. The van der Waals surface area contributed by atoms with Crippen LogP contribution in [0.2, 0.25) is 0 Å². The number of hydrogen-bond donors (Lipinski definition) is 1. The summed E-state index contributed by atoms with van der Waals surface area (Å²) in [5, 5.41) is 0. The number of Topliss-reactive ketones (excluding diaryl/α,β-unsaturated/α-hetero) is 1. The normalized spacial score (nSPS) is 10.7. The maximum Gasteiger partial charge on any atom is 0.159 e. The number of fused-ring (bicyclic) bond motifs is 1. The molecule has 4 heteroatoms. The van der Waals surface area contributed by atoms with Gasteiger partial charge in [0, 0.05) is 23.5 Å². The lowest BCUT2D eigenvalue weighted by Crippen LogP contribution is -1.90. The SMILES string of the molecule is CC(=O)c1ccc2nc(-c3cccnc3)[nH]c2c1. The van der Waals surface area contributed by atoms with Crippen LogP contribution in [0.5, 0.6) is 0 Å². The molecule has 1 aromatic carbocycles. The van der Waals surface area contributed by atoms with Crippen LogP contribution in [0.25, 0.3) is 22.4 Å². The van der Waals surface area contributed by atoms with Gasteiger partial charge in [0.15, 0.2) is 5.78 Å². The highest BCUT2D eigenvalue weighted by Gasteiger charge is 2.07. The van der Waals surface area contributed by atoms with E-state index in [1.54, 1.807) is 25.4 Å². The molecule has 3 aromatic rings. The van der Waals surface area contributed by atoms with Gasteiger partial charge in [-0.1, -0.05) is 0 Å². The molecule has 0 fully saturated rings. The Hall–Kier alpha value is -2.49. The number of aromatic nitrogens is 3. The Kier molecular flexibility index (Phi) is 2.41. The largest absolute Gasteiger partial charge is 0.338 e. The number of benzene rings is 1. The zero-order valence-corrected chi connectivity index (χ0v) is 9.84. The number of nitrogens with zero attached hydrogens (tertiary/aromatic N) is 2. The van der Waals surface area contributed by atoms with Gasteiger partial charge in [-0.05, 0) is 37.3 Å². The van der Waals surface area contributed by atoms with Crippen molar-refractivity contribution < 1.29 is 4.79 Å². The minimum Gasteiger partial charge on any atom is -0.338 e. The Morgan fingerprint density at radius 2 is 2.17 bits per heavy atom. The van der Waals surface area contributed by atoms with E-state index < -0.39 is 0 Å². The van der Waals surface area contributed by atoms with Gasteiger partial charge in [-0.3, -0.25) is 9.78 Å². The molecule has 0 aliphatic rings. The number of imidazole rings is 1. The first-order valence-electron chi connectivity index (χ1n) is 5.65. The number of nitrogens with one attached hydrogen (secondary N) is 1. The smallest absolute Gasteiger partial charge is 0.159 e. The molecule has 0 radical (unpaired) electrons. The number of ketones is 1. The maximum atomic E-state index is 11.3. The van der Waals surface area contributed by atoms with Gasteiger partial charge >= 0.3 is 0 Å². The van der Waals surface area contributed by atoms with Crippen LogP contribution in [-0.2, 0) is 0 Å². The van der Waals surface area contributed by atoms with Gasteiger partial charge in [0.1, 0.15) is 5.82 Å². The van der Waals surface area contributed by atoms with Crippen LogP contribution in [-0.4, -0.2) is 20.7 Å². The Morgan fingerprint density at radius 3 is 2.89 bits per heavy atom. The van der Waals surface area contributed by atoms with Crippen molar-refractivity contribution >= 4 is 16.8 Å². The third kappa shape index (κ3) is 1.78. The van der Waals surface area contributed by atoms with E-state index in [9.17, 15) is 4.79 Å². The highest BCUT2D eigenvalue weighted by molar-refractivity contribution is 5.97. The van der Waals surface area contributed by atoms with Gasteiger partial charge < -0.3 is 4.98 Å². The second-order valence-corrected chi connectivity index (χ2v) is 4.12. The van der Waals surface area contributed by atoms with Gasteiger partial charge in [0.2, 0.25) is 0 Å². The van der Waals surface area contributed by atoms with Crippen molar-refractivity contribution in [2.24, 2.45) is 0 Å². The molecule has 18 heavy (non-hydrogen) atoms. The lowest BCUT2D eigenvalue weighted by Gasteiger charge is -1.94. The van der Waals surface area contributed by atoms with E-state index in [1.165, 1.54) is 0 Å². The summed E-state index contributed by atoms with van der Waals surface area (Å²) in [6, 6.07) is 9.27. The topological polar surface area (TPSA) is 58.6 Å². The summed E-state index contributed by atoms with van der Waals surface area (Å²) in [6.45, 7) is 1.56. The molecule has 0 aliphatic heterocycles. The summed E-state index contributed by atoms with van der Waals surface area (Å²) < 4.78 is 0. The second kappa shape index (κ2) is 4.07. The third-order valence-corrected chi connectivity index (χ3v) is 2.82. The molecular weight excluding hydrogens is 226 g/mol. The molecule has 0 aliphatic carbocycles. The Balaban J connectivity index is 2.14. The molecule has 3 rings (SSSR count). The standard InChI is InChI=1S/C14H11N3O/c1-9(18)10-4-5-12-13(7-10)17-14(16-12)11-3-2-6-15-8-11/h2-8H,1H3,(H,16,17). The van der Waals surface area contributed by atoms with Gasteiger partial charge in [-0.15, -0.1) is 0 Å². The van der Waals surface area contributed by atoms with Gasteiger partial charge in [-0.25, -0.2) is 4.98 Å². The summed E-state index contributed by atoms with van der Waals surface area (Å²) in [5.74, 6) is 0.813. The fourth-order valence-corrected chi connectivity index (χ4v) is 1.87. The van der Waals surface area contributed by atoms with E-state index in [0.717, 1.165) is 22.4 Å². The summed E-state index contributed by atoms with van der Waals surface area (Å²) in [5.41, 5.74) is 3.32. The van der Waals surface area contributed by atoms with Crippen molar-refractivity contribution in [3.8, 4) is 11.4 Å². The number of carbonyl (C=O) groups is 1. The number of pyridine rings is 1. The average Bonchev–Trinajstić information content (AvgIpc) is 2.82. The highest BCUT2D eigenvalue weighted by atomic mass is 16.1. The third-order valence-electron chi connectivity index (χ3n) is 2.82. The monoisotopic (exact) mass is 237 g/mol. The van der Waals surface area contributed by atoms with Crippen molar-refractivity contribution in [3.63, 3.8) is 0 Å². The van der Waals surface area contributed by atoms with Crippen molar-refractivity contribution in [1.82, 2.24) is 15.0 Å².